The molecule has 0 saturated heterocycles. The number of aromatic nitrogens is 4. The number of esters is 1. The molecule has 2 aromatic carbocycles. The van der Waals surface area contributed by atoms with Gasteiger partial charge in [0.1, 0.15) is 11.5 Å². The van der Waals surface area contributed by atoms with E-state index in [1.165, 1.54) is 12.4 Å². The highest BCUT2D eigenvalue weighted by molar-refractivity contribution is 6.62. The molecule has 2 atom stereocenters. The molecule has 0 fully saturated rings. The number of carbonyl (C=O) groups excluding carboxylic acids is 1. The lowest BCUT2D eigenvalue weighted by molar-refractivity contribution is -0.145. The van der Waals surface area contributed by atoms with Gasteiger partial charge in [-0.05, 0) is 78.2 Å². The molecule has 6 rings (SSSR count). The zero-order valence-electron chi connectivity index (χ0n) is 27.6. The Morgan fingerprint density at radius 3 is 1.66 bits per heavy atom. The quantitative estimate of drug-likeness (QED) is 0.109. The van der Waals surface area contributed by atoms with Crippen molar-refractivity contribution in [2.24, 2.45) is 11.5 Å². The Morgan fingerprint density at radius 2 is 1.24 bits per heavy atom. The number of aryl methyl sites for hydroxylation is 2. The summed E-state index contributed by atoms with van der Waals surface area (Å²) < 4.78 is 27.3. The Morgan fingerprint density at radius 1 is 0.780 bits per heavy atom. The topological polar surface area (TPSA) is 245 Å². The van der Waals surface area contributed by atoms with Crippen LogP contribution in [-0.4, -0.2) is 67.9 Å². The van der Waals surface area contributed by atoms with E-state index >= 15 is 0 Å². The molecular formula is C32H36B2N6O10. The average Bonchev–Trinajstić information content (AvgIpc) is 3.56. The second-order valence-corrected chi connectivity index (χ2v) is 11.4. The molecule has 2 aliphatic rings. The zero-order valence-corrected chi connectivity index (χ0v) is 27.6. The summed E-state index contributed by atoms with van der Waals surface area (Å²) in [5.41, 5.74) is 16.4. The predicted octanol–water partition coefficient (Wildman–Crippen LogP) is 1.02. The normalized spacial score (nSPS) is 15.9. The number of hydrogen-bond donors (Lipinski definition) is 5. The first-order chi connectivity index (χ1) is 24.0. The number of nitrogens with zero attached hydrogens (tertiary/aromatic N) is 4. The second kappa shape index (κ2) is 16.2. The van der Waals surface area contributed by atoms with Crippen molar-refractivity contribution in [3.8, 4) is 23.3 Å². The maximum absolute atomic E-state index is 11.8. The number of fused-ring (bicyclic) bond motifs is 2. The number of benzene rings is 2. The van der Waals surface area contributed by atoms with Crippen molar-refractivity contribution < 1.29 is 48.3 Å². The minimum absolute atomic E-state index is 0.0446. The van der Waals surface area contributed by atoms with Crippen LogP contribution in [0.15, 0.2) is 49.1 Å². The number of nitrogens with two attached hydrogens (primary N) is 2. The lowest BCUT2D eigenvalue weighted by Crippen LogP contribution is -2.28. The Balaban J connectivity index is 0.000000195. The van der Waals surface area contributed by atoms with Crippen LogP contribution in [-0.2, 0) is 36.7 Å². The molecule has 2 unspecified atom stereocenters. The predicted molar refractivity (Wildman–Crippen MR) is 179 cm³/mol. The molecule has 2 aliphatic heterocycles. The van der Waals surface area contributed by atoms with Crippen LogP contribution in [0, 0.1) is 13.8 Å². The molecular weight excluding hydrogens is 650 g/mol. The highest BCUT2D eigenvalue weighted by atomic mass is 16.6. The highest BCUT2D eigenvalue weighted by Gasteiger charge is 2.39. The summed E-state index contributed by atoms with van der Waals surface area (Å²) in [6.45, 7) is 6.23. The first kappa shape index (κ1) is 36.3. The monoisotopic (exact) mass is 686 g/mol. The van der Waals surface area contributed by atoms with Crippen LogP contribution >= 0.6 is 0 Å². The fourth-order valence-corrected chi connectivity index (χ4v) is 5.72. The molecule has 4 aromatic rings. The van der Waals surface area contributed by atoms with E-state index in [0.717, 1.165) is 16.7 Å². The maximum atomic E-state index is 11.8. The Hall–Kier alpha value is -4.97. The molecule has 2 aromatic heterocycles. The van der Waals surface area contributed by atoms with Gasteiger partial charge in [-0.2, -0.15) is 0 Å². The van der Waals surface area contributed by atoms with Gasteiger partial charge < -0.3 is 50.1 Å². The Labute approximate surface area is 288 Å². The van der Waals surface area contributed by atoms with Gasteiger partial charge in [0.2, 0.25) is 11.8 Å². The summed E-state index contributed by atoms with van der Waals surface area (Å²) in [6.07, 6.45) is 4.67. The number of ether oxygens (including phenoxy) is 3. The van der Waals surface area contributed by atoms with Crippen molar-refractivity contribution in [1.82, 2.24) is 19.9 Å². The van der Waals surface area contributed by atoms with Gasteiger partial charge in [0.15, 0.2) is 0 Å². The van der Waals surface area contributed by atoms with Gasteiger partial charge in [-0.3, -0.25) is 19.6 Å². The molecule has 4 heterocycles. The second-order valence-electron chi connectivity index (χ2n) is 11.4. The fraction of sp³-hybridized carbons (Fsp3) is 0.312. The zero-order chi connectivity index (χ0) is 35.9. The molecule has 50 heavy (non-hydrogen) atoms. The van der Waals surface area contributed by atoms with Crippen LogP contribution < -0.4 is 31.9 Å². The van der Waals surface area contributed by atoms with Gasteiger partial charge in [-0.1, -0.05) is 0 Å². The minimum atomic E-state index is -1.19. The molecule has 0 spiro atoms. The van der Waals surface area contributed by atoms with E-state index in [2.05, 4.69) is 19.9 Å². The smallest absolute Gasteiger partial charge is 0.481 e. The van der Waals surface area contributed by atoms with E-state index in [9.17, 15) is 19.6 Å². The van der Waals surface area contributed by atoms with E-state index in [1.807, 2.05) is 13.8 Å². The van der Waals surface area contributed by atoms with Crippen LogP contribution in [0.1, 0.15) is 65.6 Å². The summed E-state index contributed by atoms with van der Waals surface area (Å²) in [4.78, 5) is 39.2. The molecule has 7 N–H and O–H groups in total. The molecule has 0 bridgehead atoms. The minimum Gasteiger partial charge on any atom is -0.481 e. The van der Waals surface area contributed by atoms with Crippen molar-refractivity contribution >= 4 is 37.1 Å². The number of carboxylic acid groups (broad SMARTS) is 1. The van der Waals surface area contributed by atoms with Gasteiger partial charge in [-0.25, -0.2) is 9.97 Å². The largest absolute Gasteiger partial charge is 0.492 e. The van der Waals surface area contributed by atoms with Crippen molar-refractivity contribution in [2.45, 2.75) is 58.9 Å². The van der Waals surface area contributed by atoms with Crippen molar-refractivity contribution in [3.05, 3.63) is 82.7 Å². The third kappa shape index (κ3) is 8.60. The van der Waals surface area contributed by atoms with Gasteiger partial charge in [0, 0.05) is 25.5 Å². The number of aliphatic carboxylic acids is 1. The van der Waals surface area contributed by atoms with Crippen LogP contribution in [0.5, 0.6) is 23.3 Å². The van der Waals surface area contributed by atoms with Crippen molar-refractivity contribution in [1.29, 1.82) is 0 Å². The first-order valence-corrected chi connectivity index (χ1v) is 15.7. The third-order valence-corrected chi connectivity index (χ3v) is 7.75. The summed E-state index contributed by atoms with van der Waals surface area (Å²) in [5, 5.41) is 29.2. The molecule has 18 heteroatoms. The Bertz CT molecular complexity index is 1870. The third-order valence-electron chi connectivity index (χ3n) is 7.75. The average molecular weight is 686 g/mol. The van der Waals surface area contributed by atoms with E-state index in [-0.39, 0.29) is 37.8 Å². The highest BCUT2D eigenvalue weighted by Crippen LogP contribution is 2.34. The van der Waals surface area contributed by atoms with Crippen LogP contribution in [0.25, 0.3) is 0 Å². The number of rotatable bonds is 11. The lowest BCUT2D eigenvalue weighted by atomic mass is 9.77. The van der Waals surface area contributed by atoms with Crippen LogP contribution in [0.3, 0.4) is 0 Å². The SMILES string of the molecule is CCOC(=O)CC1OB(O)c2cc(Oc3cncc(CN)n3)cc(C)c21.Cc1cc(Oc2cncc(CN)n2)cc2c1C(CC(=O)O)OB2O. The number of hydrogen-bond acceptors (Lipinski definition) is 15. The van der Waals surface area contributed by atoms with E-state index in [0.29, 0.717) is 51.9 Å². The number of carboxylic acids is 1. The van der Waals surface area contributed by atoms with E-state index in [4.69, 9.17) is 40.1 Å². The summed E-state index contributed by atoms with van der Waals surface area (Å²) in [7, 11) is -2.32. The number of carbonyl (C=O) groups is 2. The van der Waals surface area contributed by atoms with Crippen molar-refractivity contribution in [3.63, 3.8) is 0 Å². The van der Waals surface area contributed by atoms with Crippen LogP contribution in [0.2, 0.25) is 0 Å². The summed E-state index contributed by atoms with van der Waals surface area (Å²) in [5.74, 6) is 0.175. The maximum Gasteiger partial charge on any atom is 0.492 e. The van der Waals surface area contributed by atoms with Crippen LogP contribution in [0.4, 0.5) is 0 Å². The van der Waals surface area contributed by atoms with Gasteiger partial charge in [0.05, 0.1) is 55.4 Å². The standard InChI is InChI=1S/C17H20BN3O5.C15H16BN3O5/c1-3-24-16(22)6-14-17-10(2)4-12(5-13(17)18(23)26-14)25-15-9-20-8-11(7-19)21-15;1-8-2-10(23-13-7-18-6-9(5-17)19-13)3-11-15(8)12(4-14(20)21)24-16(11)22/h4-5,8-9,14,23H,3,6-7,19H2,1-2H3;2-3,6-7,12,22H,4-5,17H2,1H3,(H,20,21). The van der Waals surface area contributed by atoms with Gasteiger partial charge in [-0.15, -0.1) is 0 Å². The lowest BCUT2D eigenvalue weighted by Gasteiger charge is -2.14. The van der Waals surface area contributed by atoms with E-state index in [1.54, 1.807) is 43.6 Å². The molecule has 0 amide bonds. The fourth-order valence-electron chi connectivity index (χ4n) is 5.72. The van der Waals surface area contributed by atoms with Crippen molar-refractivity contribution in [2.75, 3.05) is 6.61 Å². The van der Waals surface area contributed by atoms with Gasteiger partial charge >= 0.3 is 26.2 Å². The molecule has 16 nitrogen and oxygen atoms in total. The van der Waals surface area contributed by atoms with E-state index < -0.39 is 32.4 Å². The summed E-state index contributed by atoms with van der Waals surface area (Å²) >= 11 is 0. The Kier molecular flexibility index (Phi) is 11.7. The summed E-state index contributed by atoms with van der Waals surface area (Å²) in [6, 6.07) is 6.83. The first-order valence-electron chi connectivity index (χ1n) is 15.7. The molecule has 0 saturated carbocycles. The molecule has 0 aliphatic carbocycles. The molecule has 260 valence electrons. The van der Waals surface area contributed by atoms with Gasteiger partial charge in [0.25, 0.3) is 0 Å². The molecule has 0 radical (unpaired) electrons.